The van der Waals surface area contributed by atoms with Crippen LogP contribution in [0.15, 0.2) is 96.3 Å². The molecule has 192 valence electrons. The highest BCUT2D eigenvalue weighted by molar-refractivity contribution is 7.90. The summed E-state index contributed by atoms with van der Waals surface area (Å²) >= 11 is 0. The molecular weight excluding hydrogens is 515 g/mol. The first-order chi connectivity index (χ1) is 18.1. The smallest absolute Gasteiger partial charge is 0.353 e. The molecule has 0 saturated carbocycles. The molecule has 1 atom stereocenters. The van der Waals surface area contributed by atoms with Crippen LogP contribution >= 0.6 is 0 Å². The number of hydrogen-bond donors (Lipinski definition) is 1. The van der Waals surface area contributed by atoms with Crippen molar-refractivity contribution >= 4 is 26.6 Å². The van der Waals surface area contributed by atoms with Gasteiger partial charge >= 0.3 is 6.18 Å². The van der Waals surface area contributed by atoms with Gasteiger partial charge in [0.1, 0.15) is 5.82 Å². The van der Waals surface area contributed by atoms with Crippen molar-refractivity contribution in [1.82, 2.24) is 19.9 Å². The van der Waals surface area contributed by atoms with Crippen LogP contribution in [0.4, 0.5) is 19.0 Å². The third-order valence-corrected chi connectivity index (χ3v) is 6.88. The maximum Gasteiger partial charge on any atom is 0.414 e. The molecule has 0 fully saturated rings. The quantitative estimate of drug-likeness (QED) is 0.290. The minimum atomic E-state index is -4.70. The zero-order chi connectivity index (χ0) is 26.9. The van der Waals surface area contributed by atoms with Gasteiger partial charge in [-0.2, -0.15) is 13.2 Å². The van der Waals surface area contributed by atoms with Gasteiger partial charge in [-0.25, -0.2) is 18.4 Å². The van der Waals surface area contributed by atoms with E-state index < -0.39 is 22.1 Å². The fraction of sp³-hybridized carbons (Fsp3) is 0.111. The van der Waals surface area contributed by atoms with Crippen molar-refractivity contribution in [2.24, 2.45) is 0 Å². The molecule has 0 radical (unpaired) electrons. The lowest BCUT2D eigenvalue weighted by Crippen LogP contribution is -2.29. The molecule has 11 heteroatoms. The Bertz CT molecular complexity index is 1710. The molecule has 0 spiro atoms. The number of nitrogens with zero attached hydrogens (tertiary/aromatic N) is 4. The van der Waals surface area contributed by atoms with E-state index in [0.717, 1.165) is 11.8 Å². The number of alkyl halides is 3. The number of fused-ring (bicyclic) bond motifs is 1. The number of benzene rings is 2. The summed E-state index contributed by atoms with van der Waals surface area (Å²) in [7, 11) is -3.59. The molecule has 7 nitrogen and oxygen atoms in total. The second-order valence-corrected chi connectivity index (χ2v) is 10.5. The summed E-state index contributed by atoms with van der Waals surface area (Å²) < 4.78 is 67.1. The number of halogens is 3. The van der Waals surface area contributed by atoms with Gasteiger partial charge < -0.3 is 5.32 Å². The SMILES string of the molecule is CS(=O)(=O)c1cncc(-c2nc(NC(c3ccccn3)C(F)(F)F)c3c(-c4ccccc4)cccc3n2)c1. The van der Waals surface area contributed by atoms with Crippen LogP contribution in [-0.4, -0.2) is 40.8 Å². The Morgan fingerprint density at radius 2 is 1.63 bits per heavy atom. The first-order valence-electron chi connectivity index (χ1n) is 11.4. The van der Waals surface area contributed by atoms with E-state index in [1.165, 1.54) is 42.9 Å². The van der Waals surface area contributed by atoms with Gasteiger partial charge in [-0.15, -0.1) is 0 Å². The molecule has 3 heterocycles. The van der Waals surface area contributed by atoms with Gasteiger partial charge in [-0.05, 0) is 35.4 Å². The Balaban J connectivity index is 1.77. The molecule has 0 bridgehead atoms. The summed E-state index contributed by atoms with van der Waals surface area (Å²) in [6, 6.07) is 17.8. The molecule has 1 N–H and O–H groups in total. The molecule has 1 unspecified atom stereocenters. The van der Waals surface area contributed by atoms with Crippen molar-refractivity contribution in [2.75, 3.05) is 11.6 Å². The van der Waals surface area contributed by atoms with E-state index in [1.54, 1.807) is 18.2 Å². The molecule has 0 saturated heterocycles. The molecule has 0 amide bonds. The Hall–Kier alpha value is -4.38. The number of rotatable bonds is 6. The van der Waals surface area contributed by atoms with Gasteiger partial charge in [0.05, 0.1) is 21.5 Å². The predicted octanol–water partition coefficient (Wildman–Crippen LogP) is 5.87. The molecule has 2 aromatic carbocycles. The number of sulfone groups is 1. The number of anilines is 1. The van der Waals surface area contributed by atoms with Gasteiger partial charge in [0.15, 0.2) is 21.7 Å². The molecule has 38 heavy (non-hydrogen) atoms. The van der Waals surface area contributed by atoms with Gasteiger partial charge in [0, 0.05) is 30.4 Å². The lowest BCUT2D eigenvalue weighted by Gasteiger charge is -2.23. The van der Waals surface area contributed by atoms with Crippen LogP contribution in [0.5, 0.6) is 0 Å². The molecule has 0 aliphatic carbocycles. The van der Waals surface area contributed by atoms with E-state index in [-0.39, 0.29) is 27.8 Å². The van der Waals surface area contributed by atoms with Crippen molar-refractivity contribution in [3.05, 3.63) is 97.1 Å². The average molecular weight is 536 g/mol. The molecule has 5 aromatic rings. The molecule has 0 aliphatic heterocycles. The fourth-order valence-electron chi connectivity index (χ4n) is 4.03. The summed E-state index contributed by atoms with van der Waals surface area (Å²) in [5, 5.41) is 2.94. The second kappa shape index (κ2) is 9.82. The highest BCUT2D eigenvalue weighted by Gasteiger charge is 2.42. The second-order valence-electron chi connectivity index (χ2n) is 8.52. The molecular formula is C27H20F3N5O2S. The van der Waals surface area contributed by atoms with Crippen LogP contribution in [0, 0.1) is 0 Å². The summed E-state index contributed by atoms with van der Waals surface area (Å²) in [5.74, 6) is -0.0626. The minimum Gasteiger partial charge on any atom is -0.353 e. The van der Waals surface area contributed by atoms with Crippen LogP contribution < -0.4 is 5.32 Å². The zero-order valence-corrected chi connectivity index (χ0v) is 20.7. The van der Waals surface area contributed by atoms with Crippen molar-refractivity contribution in [1.29, 1.82) is 0 Å². The van der Waals surface area contributed by atoms with Gasteiger partial charge in [-0.1, -0.05) is 48.5 Å². The molecule has 5 rings (SSSR count). The Morgan fingerprint density at radius 3 is 2.32 bits per heavy atom. The van der Waals surface area contributed by atoms with E-state index >= 15 is 0 Å². The third kappa shape index (κ3) is 5.18. The maximum atomic E-state index is 14.3. The summed E-state index contributed by atoms with van der Waals surface area (Å²) in [5.41, 5.74) is 1.77. The van der Waals surface area contributed by atoms with Crippen LogP contribution in [-0.2, 0) is 9.84 Å². The summed E-state index contributed by atoms with van der Waals surface area (Å²) in [6.07, 6.45) is 0.172. The van der Waals surface area contributed by atoms with Crippen molar-refractivity contribution in [2.45, 2.75) is 17.1 Å². The highest BCUT2D eigenvalue weighted by atomic mass is 32.2. The predicted molar refractivity (Wildman–Crippen MR) is 138 cm³/mol. The first kappa shape index (κ1) is 25.3. The Kier molecular flexibility index (Phi) is 6.53. The van der Waals surface area contributed by atoms with Crippen molar-refractivity contribution in [3.63, 3.8) is 0 Å². The first-order valence-corrected chi connectivity index (χ1v) is 13.3. The summed E-state index contributed by atoms with van der Waals surface area (Å²) in [6.45, 7) is 0. The van der Waals surface area contributed by atoms with Crippen LogP contribution in [0.2, 0.25) is 0 Å². The van der Waals surface area contributed by atoms with Gasteiger partial charge in [-0.3, -0.25) is 9.97 Å². The lowest BCUT2D eigenvalue weighted by atomic mass is 10.00. The fourth-order valence-corrected chi connectivity index (χ4v) is 4.62. The third-order valence-electron chi connectivity index (χ3n) is 5.80. The Labute approximate surface area is 216 Å². The standard InChI is InChI=1S/C27H20F3N5O2S/c1-38(36,37)19-14-18(15-31-16-19)25-33-21-12-7-10-20(17-8-3-2-4-9-17)23(21)26(35-25)34-24(27(28,29)30)22-11-5-6-13-32-22/h2-16,24H,1H3,(H,33,34,35). The lowest BCUT2D eigenvalue weighted by molar-refractivity contribution is -0.144. The topological polar surface area (TPSA) is 97.7 Å². The van der Waals surface area contributed by atoms with E-state index in [9.17, 15) is 21.6 Å². The van der Waals surface area contributed by atoms with E-state index in [0.29, 0.717) is 16.5 Å². The van der Waals surface area contributed by atoms with Gasteiger partial charge in [0.2, 0.25) is 0 Å². The monoisotopic (exact) mass is 535 g/mol. The van der Waals surface area contributed by atoms with Gasteiger partial charge in [0.25, 0.3) is 0 Å². The number of hydrogen-bond acceptors (Lipinski definition) is 7. The van der Waals surface area contributed by atoms with E-state index in [2.05, 4.69) is 25.3 Å². The zero-order valence-electron chi connectivity index (χ0n) is 19.9. The number of nitrogens with one attached hydrogen (secondary N) is 1. The van der Waals surface area contributed by atoms with E-state index in [1.807, 2.05) is 30.3 Å². The van der Waals surface area contributed by atoms with Crippen LogP contribution in [0.1, 0.15) is 11.7 Å². The largest absolute Gasteiger partial charge is 0.414 e. The average Bonchev–Trinajstić information content (AvgIpc) is 2.91. The maximum absolute atomic E-state index is 14.3. The van der Waals surface area contributed by atoms with Crippen molar-refractivity contribution < 1.29 is 21.6 Å². The van der Waals surface area contributed by atoms with Crippen LogP contribution in [0.25, 0.3) is 33.4 Å². The van der Waals surface area contributed by atoms with E-state index in [4.69, 9.17) is 0 Å². The highest BCUT2D eigenvalue weighted by Crippen LogP contribution is 2.39. The minimum absolute atomic E-state index is 0.0187. The Morgan fingerprint density at radius 1 is 0.868 bits per heavy atom. The summed E-state index contributed by atoms with van der Waals surface area (Å²) in [4.78, 5) is 16.9. The normalized spacial score (nSPS) is 12.8. The van der Waals surface area contributed by atoms with Crippen LogP contribution in [0.3, 0.4) is 0 Å². The number of pyridine rings is 2. The van der Waals surface area contributed by atoms with Crippen molar-refractivity contribution in [3.8, 4) is 22.5 Å². The molecule has 0 aliphatic rings. The number of aromatic nitrogens is 4. The molecule has 3 aromatic heterocycles.